The molecule has 23 heavy (non-hydrogen) atoms. The maximum atomic E-state index is 10.8. The van der Waals surface area contributed by atoms with Crippen LogP contribution in [0, 0.1) is 10.1 Å². The van der Waals surface area contributed by atoms with Gasteiger partial charge in [0.25, 0.3) is 0 Å². The van der Waals surface area contributed by atoms with E-state index in [1.54, 1.807) is 13.8 Å². The first-order valence-corrected chi connectivity index (χ1v) is 6.96. The van der Waals surface area contributed by atoms with Gasteiger partial charge in [0, 0.05) is 13.0 Å². The highest BCUT2D eigenvalue weighted by atomic mass is 16.7. The van der Waals surface area contributed by atoms with E-state index >= 15 is 0 Å². The maximum absolute atomic E-state index is 10.8. The standard InChI is InChI=1S/C12H22N6O5/c1-12(2,16-23-9(7-13)8-19)10(15-20)3-5-17-6-4-14-11(17)18(21)22/h4,6,9,16,19-20H,3,5,7-8,13H2,1-2H3. The Kier molecular flexibility index (Phi) is 7.03. The van der Waals surface area contributed by atoms with Crippen LogP contribution in [0.4, 0.5) is 5.95 Å². The minimum absolute atomic E-state index is 0.117. The zero-order valence-electron chi connectivity index (χ0n) is 13.0. The number of aliphatic hydroxyl groups excluding tert-OH is 1. The van der Waals surface area contributed by atoms with E-state index in [1.807, 2.05) is 0 Å². The molecular formula is C12H22N6O5. The first kappa shape index (κ1) is 19.0. The molecule has 0 fully saturated rings. The van der Waals surface area contributed by atoms with Crippen LogP contribution in [-0.4, -0.2) is 55.3 Å². The topological polar surface area (TPSA) is 161 Å². The molecule has 0 aliphatic heterocycles. The van der Waals surface area contributed by atoms with Gasteiger partial charge >= 0.3 is 5.95 Å². The van der Waals surface area contributed by atoms with Crippen LogP contribution < -0.4 is 11.2 Å². The zero-order chi connectivity index (χ0) is 17.5. The van der Waals surface area contributed by atoms with Gasteiger partial charge in [-0.1, -0.05) is 10.1 Å². The second-order valence-corrected chi connectivity index (χ2v) is 5.36. The van der Waals surface area contributed by atoms with Crippen molar-refractivity contribution in [1.29, 1.82) is 0 Å². The summed E-state index contributed by atoms with van der Waals surface area (Å²) in [5.74, 6) is -0.284. The van der Waals surface area contributed by atoms with E-state index < -0.39 is 16.6 Å². The lowest BCUT2D eigenvalue weighted by atomic mass is 9.97. The van der Waals surface area contributed by atoms with Gasteiger partial charge in [-0.2, -0.15) is 5.48 Å². The Morgan fingerprint density at radius 2 is 2.39 bits per heavy atom. The van der Waals surface area contributed by atoms with Crippen LogP contribution in [0.15, 0.2) is 17.5 Å². The predicted octanol–water partition coefficient (Wildman–Crippen LogP) is -0.369. The van der Waals surface area contributed by atoms with Crippen molar-refractivity contribution in [3.8, 4) is 0 Å². The van der Waals surface area contributed by atoms with Crippen LogP contribution in [0.5, 0.6) is 0 Å². The molecule has 1 heterocycles. The molecule has 1 unspecified atom stereocenters. The van der Waals surface area contributed by atoms with E-state index in [0.29, 0.717) is 5.71 Å². The van der Waals surface area contributed by atoms with Gasteiger partial charge in [0.15, 0.2) is 0 Å². The van der Waals surface area contributed by atoms with Crippen LogP contribution in [0.25, 0.3) is 0 Å². The minimum Gasteiger partial charge on any atom is -0.411 e. The first-order valence-electron chi connectivity index (χ1n) is 6.96. The molecule has 0 aromatic carbocycles. The number of hydroxylamine groups is 1. The third-order valence-corrected chi connectivity index (χ3v) is 3.24. The molecular weight excluding hydrogens is 308 g/mol. The Morgan fingerprint density at radius 1 is 1.70 bits per heavy atom. The van der Waals surface area contributed by atoms with Crippen molar-refractivity contribution in [2.24, 2.45) is 10.9 Å². The lowest BCUT2D eigenvalue weighted by molar-refractivity contribution is -0.396. The lowest BCUT2D eigenvalue weighted by Gasteiger charge is -2.28. The number of aromatic nitrogens is 2. The van der Waals surface area contributed by atoms with Gasteiger partial charge in [0.2, 0.25) is 0 Å². The molecule has 130 valence electrons. The number of nitrogens with one attached hydrogen (secondary N) is 1. The fourth-order valence-corrected chi connectivity index (χ4v) is 1.81. The van der Waals surface area contributed by atoms with Gasteiger partial charge in [-0.3, -0.25) is 4.84 Å². The Balaban J connectivity index is 2.68. The van der Waals surface area contributed by atoms with Crippen molar-refractivity contribution in [3.05, 3.63) is 22.5 Å². The Bertz CT molecular complexity index is 540. The summed E-state index contributed by atoms with van der Waals surface area (Å²) in [7, 11) is 0. The number of aryl methyl sites for hydroxylation is 1. The van der Waals surface area contributed by atoms with Crippen molar-refractivity contribution >= 4 is 11.7 Å². The Labute approximate surface area is 132 Å². The van der Waals surface area contributed by atoms with Crippen LogP contribution in [0.2, 0.25) is 0 Å². The second-order valence-electron chi connectivity index (χ2n) is 5.36. The molecule has 0 spiro atoms. The normalized spacial score (nSPS) is 14.0. The monoisotopic (exact) mass is 330 g/mol. The summed E-state index contributed by atoms with van der Waals surface area (Å²) in [5.41, 5.74) is 7.55. The summed E-state index contributed by atoms with van der Waals surface area (Å²) in [6.45, 7) is 3.48. The summed E-state index contributed by atoms with van der Waals surface area (Å²) in [4.78, 5) is 19.1. The fourth-order valence-electron chi connectivity index (χ4n) is 1.81. The third-order valence-electron chi connectivity index (χ3n) is 3.24. The van der Waals surface area contributed by atoms with E-state index in [-0.39, 0.29) is 32.1 Å². The number of imidazole rings is 1. The largest absolute Gasteiger partial charge is 0.434 e. The van der Waals surface area contributed by atoms with Crippen LogP contribution >= 0.6 is 0 Å². The molecule has 0 aliphatic carbocycles. The number of hydrogen-bond donors (Lipinski definition) is 4. The summed E-state index contributed by atoms with van der Waals surface area (Å²) >= 11 is 0. The molecule has 0 saturated heterocycles. The van der Waals surface area contributed by atoms with E-state index in [9.17, 15) is 15.3 Å². The van der Waals surface area contributed by atoms with Crippen molar-refractivity contribution in [1.82, 2.24) is 15.0 Å². The molecule has 11 heteroatoms. The van der Waals surface area contributed by atoms with Gasteiger partial charge < -0.3 is 26.2 Å². The average Bonchev–Trinajstić information content (AvgIpc) is 2.97. The van der Waals surface area contributed by atoms with Gasteiger partial charge in [-0.05, 0) is 18.8 Å². The number of nitro groups is 1. The average molecular weight is 330 g/mol. The third kappa shape index (κ3) is 5.25. The van der Waals surface area contributed by atoms with Crippen LogP contribution in [-0.2, 0) is 11.4 Å². The fraction of sp³-hybridized carbons (Fsp3) is 0.667. The Hall–Kier alpha value is -2.08. The summed E-state index contributed by atoms with van der Waals surface area (Å²) in [6, 6.07) is 0. The Morgan fingerprint density at radius 3 is 2.91 bits per heavy atom. The number of nitrogens with two attached hydrogens (primary N) is 1. The molecule has 1 rings (SSSR count). The number of hydrogen-bond acceptors (Lipinski definition) is 9. The summed E-state index contributed by atoms with van der Waals surface area (Å²) in [5, 5.41) is 32.3. The molecule has 0 radical (unpaired) electrons. The summed E-state index contributed by atoms with van der Waals surface area (Å²) in [6.07, 6.45) is 2.43. The van der Waals surface area contributed by atoms with Crippen molar-refractivity contribution in [3.63, 3.8) is 0 Å². The van der Waals surface area contributed by atoms with E-state index in [1.165, 1.54) is 17.0 Å². The first-order chi connectivity index (χ1) is 10.9. The van der Waals surface area contributed by atoms with Gasteiger partial charge in [0.05, 0.1) is 24.4 Å². The van der Waals surface area contributed by atoms with Crippen molar-refractivity contribution in [2.75, 3.05) is 13.2 Å². The molecule has 0 amide bonds. The minimum atomic E-state index is -0.868. The molecule has 1 atom stereocenters. The van der Waals surface area contributed by atoms with E-state index in [2.05, 4.69) is 15.6 Å². The van der Waals surface area contributed by atoms with Crippen LogP contribution in [0.1, 0.15) is 20.3 Å². The van der Waals surface area contributed by atoms with Crippen molar-refractivity contribution in [2.45, 2.75) is 38.5 Å². The van der Waals surface area contributed by atoms with Gasteiger partial charge in [0.1, 0.15) is 18.5 Å². The SMILES string of the molecule is CC(C)(NOC(CN)CO)C(CCn1ccnc1[N+](=O)[O-])=NO. The van der Waals surface area contributed by atoms with Gasteiger partial charge in [-0.15, -0.1) is 0 Å². The summed E-state index contributed by atoms with van der Waals surface area (Å²) < 4.78 is 1.35. The molecule has 0 bridgehead atoms. The predicted molar refractivity (Wildman–Crippen MR) is 80.9 cm³/mol. The number of aliphatic hydroxyl groups is 1. The van der Waals surface area contributed by atoms with Crippen LogP contribution in [0.3, 0.4) is 0 Å². The molecule has 0 aliphatic rings. The number of oxime groups is 1. The molecule has 1 aromatic heterocycles. The number of rotatable bonds is 10. The molecule has 5 N–H and O–H groups in total. The second kappa shape index (κ2) is 8.53. The number of nitrogens with zero attached hydrogens (tertiary/aromatic N) is 4. The highest BCUT2D eigenvalue weighted by Gasteiger charge is 2.28. The van der Waals surface area contributed by atoms with E-state index in [4.69, 9.17) is 15.7 Å². The van der Waals surface area contributed by atoms with E-state index in [0.717, 1.165) is 0 Å². The lowest BCUT2D eigenvalue weighted by Crippen LogP contribution is -2.50. The quantitative estimate of drug-likeness (QED) is 0.195. The molecule has 0 saturated carbocycles. The highest BCUT2D eigenvalue weighted by molar-refractivity contribution is 5.92. The van der Waals surface area contributed by atoms with Gasteiger partial charge in [-0.25, -0.2) is 4.57 Å². The highest BCUT2D eigenvalue weighted by Crippen LogP contribution is 2.14. The molecule has 1 aromatic rings. The zero-order valence-corrected chi connectivity index (χ0v) is 13.0. The smallest absolute Gasteiger partial charge is 0.411 e. The molecule has 11 nitrogen and oxygen atoms in total. The maximum Gasteiger partial charge on any atom is 0.434 e. The van der Waals surface area contributed by atoms with Crippen molar-refractivity contribution < 1.29 is 20.1 Å².